The Morgan fingerprint density at radius 2 is 2.18 bits per heavy atom. The van der Waals surface area contributed by atoms with Crippen LogP contribution in [0, 0.1) is 0 Å². The van der Waals surface area contributed by atoms with Crippen LogP contribution >= 0.6 is 0 Å². The van der Waals surface area contributed by atoms with Crippen molar-refractivity contribution in [1.29, 1.82) is 0 Å². The van der Waals surface area contributed by atoms with Crippen molar-refractivity contribution in [3.05, 3.63) is 47.7 Å². The Morgan fingerprint density at radius 1 is 1.27 bits per heavy atom. The van der Waals surface area contributed by atoms with Gasteiger partial charge < -0.3 is 5.32 Å². The van der Waals surface area contributed by atoms with Crippen molar-refractivity contribution in [3.63, 3.8) is 0 Å². The Labute approximate surface area is 66.8 Å². The maximum Gasteiger partial charge on any atom is 0.0698 e. The molecule has 0 aromatic rings. The molecule has 0 amide bonds. The van der Waals surface area contributed by atoms with Crippen LogP contribution in [0.5, 0.6) is 0 Å². The summed E-state index contributed by atoms with van der Waals surface area (Å²) >= 11 is 0. The minimum Gasteiger partial charge on any atom is -0.381 e. The van der Waals surface area contributed by atoms with E-state index in [4.69, 9.17) is 0 Å². The highest BCUT2D eigenvalue weighted by Gasteiger charge is 2.14. The quantitative estimate of drug-likeness (QED) is 0.549. The van der Waals surface area contributed by atoms with E-state index in [0.717, 1.165) is 0 Å². The molecule has 1 unspecified atom stereocenters. The molecule has 56 valence electrons. The van der Waals surface area contributed by atoms with E-state index < -0.39 is 0 Å². The van der Waals surface area contributed by atoms with E-state index in [1.165, 1.54) is 11.1 Å². The first-order valence-corrected chi connectivity index (χ1v) is 3.86. The van der Waals surface area contributed by atoms with Crippen molar-refractivity contribution < 1.29 is 0 Å². The molecule has 1 heterocycles. The third-order valence-electron chi connectivity index (χ3n) is 2.09. The van der Waals surface area contributed by atoms with Gasteiger partial charge >= 0.3 is 0 Å². The molecule has 11 heavy (non-hydrogen) atoms. The minimum absolute atomic E-state index is 0.407. The molecule has 0 saturated carbocycles. The topological polar surface area (TPSA) is 12.0 Å². The molecule has 0 bridgehead atoms. The Hall–Kier alpha value is -1.24. The molecular weight excluding hydrogens is 134 g/mol. The van der Waals surface area contributed by atoms with E-state index in [-0.39, 0.29) is 0 Å². The van der Waals surface area contributed by atoms with Crippen molar-refractivity contribution in [3.8, 4) is 0 Å². The van der Waals surface area contributed by atoms with Gasteiger partial charge in [-0.1, -0.05) is 24.3 Å². The Kier molecular flexibility index (Phi) is 1.42. The van der Waals surface area contributed by atoms with Crippen LogP contribution < -0.4 is 5.32 Å². The van der Waals surface area contributed by atoms with Gasteiger partial charge in [0.1, 0.15) is 0 Å². The van der Waals surface area contributed by atoms with Gasteiger partial charge in [0.25, 0.3) is 0 Å². The van der Waals surface area contributed by atoms with Crippen molar-refractivity contribution >= 4 is 0 Å². The monoisotopic (exact) mass is 145 g/mol. The molecule has 1 aliphatic heterocycles. The van der Waals surface area contributed by atoms with Crippen LogP contribution in [0.3, 0.4) is 0 Å². The summed E-state index contributed by atoms with van der Waals surface area (Å²) in [5.74, 6) is 0. The number of dihydropyridines is 1. The molecule has 1 atom stereocenters. The van der Waals surface area contributed by atoms with E-state index >= 15 is 0 Å². The lowest BCUT2D eigenvalue weighted by molar-refractivity contribution is 0.782. The van der Waals surface area contributed by atoms with Gasteiger partial charge in [-0.25, -0.2) is 0 Å². The average molecular weight is 145 g/mol. The first kappa shape index (κ1) is 6.47. The number of rotatable bonds is 0. The number of allylic oxidation sites excluding steroid dienone is 4. The smallest absolute Gasteiger partial charge is 0.0698 e. The molecule has 1 N–H and O–H groups in total. The van der Waals surface area contributed by atoms with Gasteiger partial charge in [0.2, 0.25) is 0 Å². The van der Waals surface area contributed by atoms with Gasteiger partial charge in [0.15, 0.2) is 0 Å². The summed E-state index contributed by atoms with van der Waals surface area (Å²) in [7, 11) is 0. The van der Waals surface area contributed by atoms with Crippen LogP contribution in [-0.2, 0) is 0 Å². The predicted molar refractivity (Wildman–Crippen MR) is 47.0 cm³/mol. The Morgan fingerprint density at radius 3 is 3.00 bits per heavy atom. The van der Waals surface area contributed by atoms with Gasteiger partial charge in [-0.3, -0.25) is 0 Å². The second-order valence-electron chi connectivity index (χ2n) is 2.86. The third-order valence-corrected chi connectivity index (χ3v) is 2.09. The van der Waals surface area contributed by atoms with Crippen LogP contribution in [0.2, 0.25) is 0 Å². The number of nitrogens with one attached hydrogen (secondary N) is 1. The summed E-state index contributed by atoms with van der Waals surface area (Å²) in [5, 5.41) is 3.27. The predicted octanol–water partition coefficient (Wildman–Crippen LogP) is 1.91. The second-order valence-corrected chi connectivity index (χ2v) is 2.86. The highest BCUT2D eigenvalue weighted by Crippen LogP contribution is 2.21. The molecule has 2 aliphatic rings. The Balaban J connectivity index is 2.40. The van der Waals surface area contributed by atoms with Gasteiger partial charge in [-0.05, 0) is 30.3 Å². The maximum absolute atomic E-state index is 3.27. The zero-order valence-corrected chi connectivity index (χ0v) is 6.54. The highest BCUT2D eigenvalue weighted by atomic mass is 14.9. The summed E-state index contributed by atoms with van der Waals surface area (Å²) in [6, 6.07) is 0.407. The van der Waals surface area contributed by atoms with E-state index in [0.29, 0.717) is 6.04 Å². The summed E-state index contributed by atoms with van der Waals surface area (Å²) < 4.78 is 0. The first-order valence-electron chi connectivity index (χ1n) is 3.86. The summed E-state index contributed by atoms with van der Waals surface area (Å²) in [5.41, 5.74) is 2.74. The Bertz CT molecular complexity index is 279. The SMILES string of the molecule is CC1=CC=CC2NC=CC=C12. The minimum atomic E-state index is 0.407. The molecular formula is C10H11N. The molecule has 0 saturated heterocycles. The average Bonchev–Trinajstić information content (AvgIpc) is 2.06. The molecule has 1 aliphatic carbocycles. The van der Waals surface area contributed by atoms with E-state index in [2.05, 4.69) is 36.5 Å². The van der Waals surface area contributed by atoms with E-state index in [1.54, 1.807) is 0 Å². The van der Waals surface area contributed by atoms with Crippen LogP contribution in [0.4, 0.5) is 0 Å². The number of hydrogen-bond donors (Lipinski definition) is 1. The van der Waals surface area contributed by atoms with Gasteiger partial charge in [-0.15, -0.1) is 0 Å². The molecule has 1 heteroatoms. The summed E-state index contributed by atoms with van der Waals surface area (Å²) in [4.78, 5) is 0. The van der Waals surface area contributed by atoms with Crippen LogP contribution in [0.25, 0.3) is 0 Å². The second kappa shape index (κ2) is 2.42. The van der Waals surface area contributed by atoms with Crippen molar-refractivity contribution in [1.82, 2.24) is 5.32 Å². The first-order chi connectivity index (χ1) is 5.38. The molecule has 0 aromatic carbocycles. The van der Waals surface area contributed by atoms with Crippen molar-refractivity contribution in [2.45, 2.75) is 13.0 Å². The van der Waals surface area contributed by atoms with Gasteiger partial charge in [-0.2, -0.15) is 0 Å². The van der Waals surface area contributed by atoms with Gasteiger partial charge in [0, 0.05) is 0 Å². The lowest BCUT2D eigenvalue weighted by atomic mass is 9.93. The van der Waals surface area contributed by atoms with Crippen molar-refractivity contribution in [2.75, 3.05) is 0 Å². The van der Waals surface area contributed by atoms with Crippen LogP contribution in [0.1, 0.15) is 6.92 Å². The van der Waals surface area contributed by atoms with Crippen LogP contribution in [0.15, 0.2) is 47.7 Å². The lowest BCUT2D eigenvalue weighted by Crippen LogP contribution is -2.27. The number of fused-ring (bicyclic) bond motifs is 1. The fraction of sp³-hybridized carbons (Fsp3) is 0.200. The zero-order chi connectivity index (χ0) is 7.68. The fourth-order valence-electron chi connectivity index (χ4n) is 1.45. The number of hydrogen-bond acceptors (Lipinski definition) is 1. The zero-order valence-electron chi connectivity index (χ0n) is 6.54. The fourth-order valence-corrected chi connectivity index (χ4v) is 1.45. The van der Waals surface area contributed by atoms with Gasteiger partial charge in [0.05, 0.1) is 6.04 Å². The van der Waals surface area contributed by atoms with Crippen molar-refractivity contribution in [2.24, 2.45) is 0 Å². The van der Waals surface area contributed by atoms with Crippen LogP contribution in [-0.4, -0.2) is 6.04 Å². The van der Waals surface area contributed by atoms with E-state index in [1.807, 2.05) is 12.3 Å². The molecule has 1 nitrogen and oxygen atoms in total. The molecule has 0 radical (unpaired) electrons. The highest BCUT2D eigenvalue weighted by molar-refractivity contribution is 5.46. The molecule has 0 fully saturated rings. The largest absolute Gasteiger partial charge is 0.381 e. The standard InChI is InChI=1S/C10H11N/c1-8-4-2-6-10-9(8)5-3-7-11-10/h2-7,10-11H,1H3. The van der Waals surface area contributed by atoms with E-state index in [9.17, 15) is 0 Å². The molecule has 0 aromatic heterocycles. The lowest BCUT2D eigenvalue weighted by Gasteiger charge is -2.23. The summed E-state index contributed by atoms with van der Waals surface area (Å²) in [6.45, 7) is 2.14. The maximum atomic E-state index is 3.27. The third kappa shape index (κ3) is 1.03. The molecule has 2 rings (SSSR count). The normalized spacial score (nSPS) is 26.8. The summed E-state index contributed by atoms with van der Waals surface area (Å²) in [6.07, 6.45) is 12.6. The molecule has 0 spiro atoms.